The molecule has 0 spiro atoms. The van der Waals surface area contributed by atoms with E-state index in [2.05, 4.69) is 23.3 Å². The number of benzene rings is 2. The van der Waals surface area contributed by atoms with E-state index in [1.165, 1.54) is 17.0 Å². The van der Waals surface area contributed by atoms with E-state index in [1.54, 1.807) is 53.7 Å². The van der Waals surface area contributed by atoms with Crippen LogP contribution in [0.1, 0.15) is 71.6 Å². The molecule has 1 fully saturated rings. The van der Waals surface area contributed by atoms with Crippen molar-refractivity contribution < 1.29 is 33.8 Å². The molecule has 2 aromatic rings. The van der Waals surface area contributed by atoms with Gasteiger partial charge in [-0.15, -0.1) is 0 Å². The number of hydrogen-bond acceptors (Lipinski definition) is 8. The standard InChI is InChI=1S/C32H43N3O7S/c1-31(2,3)41-29(39)24(18-20-10-8-7-9-11-20)33-27(37)26(21-12-16-23(36)17-13-21)35(22-14-15-22)28(38)25(19-43)34-30(40)42-32(4,5)6/h7-13,16-17,22,24-26,36,43H,14-15,18-19H2,1-6H3,(H,33,37)(H,34,40). The number of nitrogens with zero attached hydrogens (tertiary/aromatic N) is 1. The van der Waals surface area contributed by atoms with Crippen LogP contribution in [-0.4, -0.2) is 69.0 Å². The molecule has 43 heavy (non-hydrogen) atoms. The zero-order chi connectivity index (χ0) is 31.9. The maximum absolute atomic E-state index is 14.2. The summed E-state index contributed by atoms with van der Waals surface area (Å²) in [7, 11) is 0. The number of phenolic OH excluding ortho intramolecular Hbond substituents is 1. The quantitative estimate of drug-likeness (QED) is 0.219. The number of amides is 3. The summed E-state index contributed by atoms with van der Waals surface area (Å²) in [6, 6.07) is 11.6. The minimum absolute atomic E-state index is 0.0113. The van der Waals surface area contributed by atoms with Gasteiger partial charge < -0.3 is 30.1 Å². The van der Waals surface area contributed by atoms with Crippen LogP contribution in [0.5, 0.6) is 5.75 Å². The molecule has 3 N–H and O–H groups in total. The molecule has 3 atom stereocenters. The molecule has 2 aromatic carbocycles. The van der Waals surface area contributed by atoms with Crippen molar-refractivity contribution in [3.63, 3.8) is 0 Å². The topological polar surface area (TPSA) is 134 Å². The smallest absolute Gasteiger partial charge is 0.408 e. The molecule has 11 heteroatoms. The Hall–Kier alpha value is -3.73. The van der Waals surface area contributed by atoms with Crippen LogP contribution >= 0.6 is 12.6 Å². The van der Waals surface area contributed by atoms with E-state index >= 15 is 0 Å². The van der Waals surface area contributed by atoms with Crippen molar-refractivity contribution in [2.24, 2.45) is 0 Å². The number of thiol groups is 1. The van der Waals surface area contributed by atoms with E-state index in [0.29, 0.717) is 18.4 Å². The Morgan fingerprint density at radius 2 is 1.47 bits per heavy atom. The van der Waals surface area contributed by atoms with E-state index in [0.717, 1.165) is 5.56 Å². The van der Waals surface area contributed by atoms with Gasteiger partial charge in [-0.2, -0.15) is 12.6 Å². The van der Waals surface area contributed by atoms with Crippen LogP contribution in [0.3, 0.4) is 0 Å². The summed E-state index contributed by atoms with van der Waals surface area (Å²) < 4.78 is 11.0. The Kier molecular flexibility index (Phi) is 11.1. The molecule has 3 rings (SSSR count). The third kappa shape index (κ3) is 10.5. The largest absolute Gasteiger partial charge is 0.508 e. The SMILES string of the molecule is CC(C)(C)OC(=O)NC(CS)C(=O)N(C1CC1)C(C(=O)NC(Cc1ccccc1)C(=O)OC(C)(C)C)c1ccc(O)cc1. The van der Waals surface area contributed by atoms with Crippen LogP contribution < -0.4 is 10.6 Å². The van der Waals surface area contributed by atoms with Gasteiger partial charge in [0, 0.05) is 18.2 Å². The van der Waals surface area contributed by atoms with Crippen LogP contribution in [-0.2, 0) is 30.3 Å². The number of esters is 1. The van der Waals surface area contributed by atoms with Gasteiger partial charge in [-0.3, -0.25) is 9.59 Å². The van der Waals surface area contributed by atoms with E-state index in [9.17, 15) is 24.3 Å². The van der Waals surface area contributed by atoms with Crippen LogP contribution in [0.2, 0.25) is 0 Å². The Labute approximate surface area is 258 Å². The Balaban J connectivity index is 1.98. The number of carbonyl (C=O) groups excluding carboxylic acids is 4. The van der Waals surface area contributed by atoms with Gasteiger partial charge in [0.2, 0.25) is 11.8 Å². The van der Waals surface area contributed by atoms with Gasteiger partial charge in [0.05, 0.1) is 0 Å². The number of nitrogens with one attached hydrogen (secondary N) is 2. The van der Waals surface area contributed by atoms with Gasteiger partial charge in [0.1, 0.15) is 35.1 Å². The van der Waals surface area contributed by atoms with Crippen molar-refractivity contribution in [1.29, 1.82) is 0 Å². The highest BCUT2D eigenvalue weighted by atomic mass is 32.1. The number of alkyl carbamates (subject to hydrolysis) is 1. The van der Waals surface area contributed by atoms with E-state index in [1.807, 2.05) is 30.3 Å². The van der Waals surface area contributed by atoms with Crippen molar-refractivity contribution in [2.75, 3.05) is 5.75 Å². The molecule has 1 saturated carbocycles. The fourth-order valence-corrected chi connectivity index (χ4v) is 4.69. The number of ether oxygens (including phenoxy) is 2. The maximum Gasteiger partial charge on any atom is 0.408 e. The predicted octanol–water partition coefficient (Wildman–Crippen LogP) is 4.32. The number of rotatable bonds is 11. The third-order valence-corrected chi connectivity index (χ3v) is 6.76. The van der Waals surface area contributed by atoms with Crippen molar-refractivity contribution in [2.45, 2.75) is 96.2 Å². The Bertz CT molecular complexity index is 1270. The molecular weight excluding hydrogens is 570 g/mol. The molecule has 0 aliphatic heterocycles. The Morgan fingerprint density at radius 3 is 1.98 bits per heavy atom. The molecule has 10 nitrogen and oxygen atoms in total. The minimum atomic E-state index is -1.18. The molecule has 0 bridgehead atoms. The number of aromatic hydroxyl groups is 1. The molecule has 3 amide bonds. The molecule has 1 aliphatic rings. The first-order valence-corrected chi connectivity index (χ1v) is 15.0. The van der Waals surface area contributed by atoms with Crippen molar-refractivity contribution in [1.82, 2.24) is 15.5 Å². The van der Waals surface area contributed by atoms with Crippen LogP contribution in [0.25, 0.3) is 0 Å². The fourth-order valence-electron chi connectivity index (χ4n) is 4.45. The third-order valence-electron chi connectivity index (χ3n) is 6.39. The highest BCUT2D eigenvalue weighted by molar-refractivity contribution is 7.80. The van der Waals surface area contributed by atoms with Gasteiger partial charge in [-0.05, 0) is 77.6 Å². The van der Waals surface area contributed by atoms with Gasteiger partial charge in [0.15, 0.2) is 0 Å². The van der Waals surface area contributed by atoms with Crippen molar-refractivity contribution >= 4 is 36.5 Å². The molecule has 234 valence electrons. The van der Waals surface area contributed by atoms with Crippen LogP contribution in [0.4, 0.5) is 4.79 Å². The van der Waals surface area contributed by atoms with E-state index < -0.39 is 53.2 Å². The first-order chi connectivity index (χ1) is 20.1. The van der Waals surface area contributed by atoms with Gasteiger partial charge in [-0.1, -0.05) is 42.5 Å². The molecule has 3 unspecified atom stereocenters. The van der Waals surface area contributed by atoms with E-state index in [-0.39, 0.29) is 24.0 Å². The molecular formula is C32H43N3O7S. The van der Waals surface area contributed by atoms with Crippen molar-refractivity contribution in [3.8, 4) is 5.75 Å². The lowest BCUT2D eigenvalue weighted by molar-refractivity contribution is -0.159. The lowest BCUT2D eigenvalue weighted by Crippen LogP contribution is -2.56. The maximum atomic E-state index is 14.2. The van der Waals surface area contributed by atoms with Crippen LogP contribution in [0, 0.1) is 0 Å². The fraction of sp³-hybridized carbons (Fsp3) is 0.500. The molecule has 0 heterocycles. The summed E-state index contributed by atoms with van der Waals surface area (Å²) >= 11 is 4.31. The number of phenols is 1. The van der Waals surface area contributed by atoms with E-state index in [4.69, 9.17) is 9.47 Å². The first kappa shape index (κ1) is 33.8. The second kappa shape index (κ2) is 14.2. The molecule has 0 radical (unpaired) electrons. The van der Waals surface area contributed by atoms with Gasteiger partial charge >= 0.3 is 12.1 Å². The first-order valence-electron chi connectivity index (χ1n) is 14.4. The van der Waals surface area contributed by atoms with Crippen molar-refractivity contribution in [3.05, 3.63) is 65.7 Å². The Morgan fingerprint density at radius 1 is 0.884 bits per heavy atom. The average molecular weight is 614 g/mol. The number of carbonyl (C=O) groups is 4. The predicted molar refractivity (Wildman–Crippen MR) is 166 cm³/mol. The summed E-state index contributed by atoms with van der Waals surface area (Å²) in [6.45, 7) is 10.4. The van der Waals surface area contributed by atoms with Gasteiger partial charge in [0.25, 0.3) is 0 Å². The zero-order valence-electron chi connectivity index (χ0n) is 25.6. The minimum Gasteiger partial charge on any atom is -0.508 e. The number of hydrogen-bond donors (Lipinski definition) is 4. The normalized spacial score (nSPS) is 15.4. The van der Waals surface area contributed by atoms with Gasteiger partial charge in [-0.25, -0.2) is 9.59 Å². The molecule has 0 saturated heterocycles. The molecule has 0 aromatic heterocycles. The lowest BCUT2D eigenvalue weighted by Gasteiger charge is -2.35. The van der Waals surface area contributed by atoms with Crippen LogP contribution in [0.15, 0.2) is 54.6 Å². The highest BCUT2D eigenvalue weighted by Crippen LogP contribution is 2.36. The lowest BCUT2D eigenvalue weighted by atomic mass is 10.0. The summed E-state index contributed by atoms with van der Waals surface area (Å²) in [6.07, 6.45) is 0.687. The summed E-state index contributed by atoms with van der Waals surface area (Å²) in [5, 5.41) is 15.4. The zero-order valence-corrected chi connectivity index (χ0v) is 26.5. The average Bonchev–Trinajstić information content (AvgIpc) is 3.74. The summed E-state index contributed by atoms with van der Waals surface area (Å²) in [5.41, 5.74) is -0.343. The second-order valence-corrected chi connectivity index (χ2v) is 13.0. The summed E-state index contributed by atoms with van der Waals surface area (Å²) in [4.78, 5) is 55.5. The summed E-state index contributed by atoms with van der Waals surface area (Å²) in [5.74, 6) is -1.79. The molecule has 1 aliphatic carbocycles. The second-order valence-electron chi connectivity index (χ2n) is 12.6. The highest BCUT2D eigenvalue weighted by Gasteiger charge is 2.44. The monoisotopic (exact) mass is 613 g/mol.